The van der Waals surface area contributed by atoms with Crippen molar-refractivity contribution in [1.82, 2.24) is 15.1 Å². The lowest BCUT2D eigenvalue weighted by Gasteiger charge is -2.31. The molecule has 2 aromatic rings. The summed E-state index contributed by atoms with van der Waals surface area (Å²) in [7, 11) is 0.132. The Hall–Kier alpha value is -3.36. The molecule has 1 aliphatic rings. The quantitative estimate of drug-likeness (QED) is 0.380. The van der Waals surface area contributed by atoms with Crippen LogP contribution in [0.5, 0.6) is 0 Å². The fourth-order valence-corrected chi connectivity index (χ4v) is 5.01. The Morgan fingerprint density at radius 1 is 1.02 bits per heavy atom. The molecule has 228 valence electrons. The number of sulfonamides is 1. The van der Waals surface area contributed by atoms with Gasteiger partial charge in [0.1, 0.15) is 0 Å². The smallest absolute Gasteiger partial charge is 0.475 e. The third-order valence-corrected chi connectivity index (χ3v) is 7.70. The van der Waals surface area contributed by atoms with Gasteiger partial charge in [-0.05, 0) is 63.3 Å². The van der Waals surface area contributed by atoms with Crippen LogP contribution in [0, 0.1) is 0 Å². The standard InChI is InChI=1S/C25H37N5O3S.C2HF3O2/c1-5-20-7-10-22(11-8-20)34(32,33)27-23-19-21(25(31)29(6-2)18-17-28(3)4)9-12-24(23)30-15-13-26-14-16-30;3-2(4,5)1(6)7/h7-12,19,26-27H,5-6,13-18H2,1-4H3;(H,6,7). The minimum absolute atomic E-state index is 0.107. The van der Waals surface area contributed by atoms with Crippen LogP contribution in [0.1, 0.15) is 29.8 Å². The van der Waals surface area contributed by atoms with E-state index in [4.69, 9.17) is 9.90 Å². The third-order valence-electron chi connectivity index (χ3n) is 6.32. The summed E-state index contributed by atoms with van der Waals surface area (Å²) in [6.45, 7) is 9.08. The van der Waals surface area contributed by atoms with Gasteiger partial charge >= 0.3 is 12.1 Å². The van der Waals surface area contributed by atoms with Crippen molar-refractivity contribution in [1.29, 1.82) is 0 Å². The number of alkyl halides is 3. The Balaban J connectivity index is 0.000000745. The van der Waals surface area contributed by atoms with Gasteiger partial charge in [-0.3, -0.25) is 9.52 Å². The number of carboxylic acids is 1. The minimum atomic E-state index is -5.08. The molecule has 0 bridgehead atoms. The molecule has 0 saturated carbocycles. The summed E-state index contributed by atoms with van der Waals surface area (Å²) in [5.41, 5.74) is 2.75. The maximum Gasteiger partial charge on any atom is 0.490 e. The van der Waals surface area contributed by atoms with Crippen LogP contribution in [-0.4, -0.2) is 101 Å². The molecular weight excluding hydrogens is 563 g/mol. The molecule has 0 unspecified atom stereocenters. The second-order valence-corrected chi connectivity index (χ2v) is 11.2. The highest BCUT2D eigenvalue weighted by atomic mass is 32.2. The van der Waals surface area contributed by atoms with E-state index < -0.39 is 22.2 Å². The zero-order chi connectivity index (χ0) is 30.8. The first-order valence-corrected chi connectivity index (χ1v) is 14.6. The molecule has 2 aromatic carbocycles. The maximum absolute atomic E-state index is 13.2. The van der Waals surface area contributed by atoms with Crippen molar-refractivity contribution in [3.8, 4) is 0 Å². The lowest BCUT2D eigenvalue weighted by Crippen LogP contribution is -2.44. The maximum atomic E-state index is 13.2. The summed E-state index contributed by atoms with van der Waals surface area (Å²) < 4.78 is 61.0. The first kappa shape index (κ1) is 33.8. The van der Waals surface area contributed by atoms with Gasteiger partial charge < -0.3 is 25.1 Å². The van der Waals surface area contributed by atoms with E-state index in [0.29, 0.717) is 24.3 Å². The van der Waals surface area contributed by atoms with E-state index in [2.05, 4.69) is 14.9 Å². The Labute approximate surface area is 239 Å². The number of piperazine rings is 1. The largest absolute Gasteiger partial charge is 0.490 e. The highest BCUT2D eigenvalue weighted by Gasteiger charge is 2.38. The summed E-state index contributed by atoms with van der Waals surface area (Å²) in [5, 5.41) is 10.4. The van der Waals surface area contributed by atoms with Crippen LogP contribution in [0.25, 0.3) is 0 Å². The average Bonchev–Trinajstić information content (AvgIpc) is 2.93. The molecule has 3 N–H and O–H groups in total. The lowest BCUT2D eigenvalue weighted by molar-refractivity contribution is -0.192. The van der Waals surface area contributed by atoms with Crippen LogP contribution in [0.4, 0.5) is 24.5 Å². The summed E-state index contributed by atoms with van der Waals surface area (Å²) >= 11 is 0. The third kappa shape index (κ3) is 10.2. The predicted molar refractivity (Wildman–Crippen MR) is 152 cm³/mol. The van der Waals surface area contributed by atoms with Gasteiger partial charge in [0.2, 0.25) is 0 Å². The highest BCUT2D eigenvalue weighted by Crippen LogP contribution is 2.30. The van der Waals surface area contributed by atoms with Crippen LogP contribution in [-0.2, 0) is 21.2 Å². The van der Waals surface area contributed by atoms with Gasteiger partial charge in [0.15, 0.2) is 0 Å². The van der Waals surface area contributed by atoms with Crippen molar-refractivity contribution in [2.75, 3.05) is 69.5 Å². The van der Waals surface area contributed by atoms with Crippen LogP contribution in [0.2, 0.25) is 0 Å². The van der Waals surface area contributed by atoms with Crippen LogP contribution >= 0.6 is 0 Å². The number of aryl methyl sites for hydroxylation is 1. The Morgan fingerprint density at radius 2 is 1.61 bits per heavy atom. The topological polar surface area (TPSA) is 122 Å². The van der Waals surface area contributed by atoms with Crippen molar-refractivity contribution < 1.29 is 36.3 Å². The molecule has 0 radical (unpaired) electrons. The van der Waals surface area contributed by atoms with E-state index in [1.54, 1.807) is 29.2 Å². The van der Waals surface area contributed by atoms with E-state index in [-0.39, 0.29) is 10.8 Å². The summed E-state index contributed by atoms with van der Waals surface area (Å²) in [6, 6.07) is 12.2. The van der Waals surface area contributed by atoms with Gasteiger partial charge in [0.25, 0.3) is 15.9 Å². The van der Waals surface area contributed by atoms with Gasteiger partial charge in [0.05, 0.1) is 16.3 Å². The second kappa shape index (κ2) is 15.0. The number of amides is 1. The van der Waals surface area contributed by atoms with Gasteiger partial charge in [-0.15, -0.1) is 0 Å². The molecule has 1 aliphatic heterocycles. The Morgan fingerprint density at radius 3 is 2.10 bits per heavy atom. The van der Waals surface area contributed by atoms with Crippen molar-refractivity contribution in [3.63, 3.8) is 0 Å². The number of halogens is 3. The number of aliphatic carboxylic acids is 1. The van der Waals surface area contributed by atoms with E-state index in [1.165, 1.54) is 0 Å². The van der Waals surface area contributed by atoms with Gasteiger partial charge in [-0.25, -0.2) is 13.2 Å². The van der Waals surface area contributed by atoms with Crippen molar-refractivity contribution in [3.05, 3.63) is 53.6 Å². The first-order chi connectivity index (χ1) is 19.2. The fourth-order valence-electron chi connectivity index (χ4n) is 3.95. The summed E-state index contributed by atoms with van der Waals surface area (Å²) in [5.74, 6) is -2.86. The number of hydrogen-bond acceptors (Lipinski definition) is 7. The number of hydrogen-bond donors (Lipinski definition) is 3. The molecule has 14 heteroatoms. The van der Waals surface area contributed by atoms with Gasteiger partial charge in [0, 0.05) is 51.4 Å². The molecule has 0 aromatic heterocycles. The molecular formula is C27H38F3N5O5S. The van der Waals surface area contributed by atoms with Crippen LogP contribution < -0.4 is 14.9 Å². The number of likely N-dealkylation sites (N-methyl/N-ethyl adjacent to an activating group) is 2. The molecule has 10 nitrogen and oxygen atoms in total. The van der Waals surface area contributed by atoms with Crippen molar-refractivity contribution >= 4 is 33.3 Å². The Kier molecular flexibility index (Phi) is 12.4. The highest BCUT2D eigenvalue weighted by molar-refractivity contribution is 7.92. The number of rotatable bonds is 10. The molecule has 0 aliphatic carbocycles. The normalized spacial score (nSPS) is 13.8. The van der Waals surface area contributed by atoms with E-state index in [1.807, 2.05) is 51.0 Å². The average molecular weight is 602 g/mol. The van der Waals surface area contributed by atoms with E-state index >= 15 is 0 Å². The number of benzene rings is 2. The second-order valence-electron chi connectivity index (χ2n) is 9.56. The van der Waals surface area contributed by atoms with E-state index in [9.17, 15) is 26.4 Å². The number of nitrogens with zero attached hydrogens (tertiary/aromatic N) is 3. The van der Waals surface area contributed by atoms with Crippen LogP contribution in [0.15, 0.2) is 47.4 Å². The molecule has 1 saturated heterocycles. The number of carbonyl (C=O) groups excluding carboxylic acids is 1. The zero-order valence-corrected chi connectivity index (χ0v) is 24.5. The molecule has 1 fully saturated rings. The molecule has 1 amide bonds. The SMILES string of the molecule is CCc1ccc(S(=O)(=O)Nc2cc(C(=O)N(CC)CCN(C)C)ccc2N2CCNCC2)cc1.O=C(O)C(F)(F)F. The summed E-state index contributed by atoms with van der Waals surface area (Å²) in [6.07, 6.45) is -4.24. The zero-order valence-electron chi connectivity index (χ0n) is 23.7. The number of anilines is 2. The van der Waals surface area contributed by atoms with Gasteiger partial charge in [-0.2, -0.15) is 13.2 Å². The molecule has 1 heterocycles. The molecule has 41 heavy (non-hydrogen) atoms. The molecule has 0 atom stereocenters. The predicted octanol–water partition coefficient (Wildman–Crippen LogP) is 3.12. The minimum Gasteiger partial charge on any atom is -0.475 e. The summed E-state index contributed by atoms with van der Waals surface area (Å²) in [4.78, 5) is 28.3. The number of carboxylic acid groups (broad SMARTS) is 1. The monoisotopic (exact) mass is 601 g/mol. The fraction of sp³-hybridized carbons (Fsp3) is 0.481. The lowest BCUT2D eigenvalue weighted by atomic mass is 10.1. The van der Waals surface area contributed by atoms with Gasteiger partial charge in [-0.1, -0.05) is 19.1 Å². The van der Waals surface area contributed by atoms with E-state index in [0.717, 1.165) is 50.4 Å². The Bertz CT molecular complexity index is 1270. The van der Waals surface area contributed by atoms with Crippen molar-refractivity contribution in [2.45, 2.75) is 31.3 Å². The number of carbonyl (C=O) groups is 2. The van der Waals surface area contributed by atoms with Crippen LogP contribution in [0.3, 0.4) is 0 Å². The first-order valence-electron chi connectivity index (χ1n) is 13.1. The molecule has 0 spiro atoms. The number of nitrogens with one attached hydrogen (secondary N) is 2. The molecule has 3 rings (SSSR count). The van der Waals surface area contributed by atoms with Crippen molar-refractivity contribution in [2.24, 2.45) is 0 Å².